The summed E-state index contributed by atoms with van der Waals surface area (Å²) in [6.45, 7) is 5.71. The standard InChI is InChI=1S/C22H26N2O3/c1-3-26-21(25)22(2)14-20-23(15-17-10-6-4-7-11-17)16-19(24(20)27-22)18-12-8-5-9-13-18/h4-13,19-20H,3,14-16H2,1-2H3/t19-,20+,22?/m0/s1. The van der Waals surface area contributed by atoms with Crippen LogP contribution in [-0.2, 0) is 20.9 Å². The minimum absolute atomic E-state index is 0.0461. The molecule has 4 rings (SSSR count). The van der Waals surface area contributed by atoms with Crippen LogP contribution in [0.25, 0.3) is 0 Å². The molecule has 2 fully saturated rings. The predicted molar refractivity (Wildman–Crippen MR) is 102 cm³/mol. The van der Waals surface area contributed by atoms with E-state index in [9.17, 15) is 4.79 Å². The number of hydrogen-bond donors (Lipinski definition) is 0. The second-order valence-corrected chi connectivity index (χ2v) is 7.43. The number of nitrogens with zero attached hydrogens (tertiary/aromatic N) is 2. The lowest BCUT2D eigenvalue weighted by atomic mass is 10.0. The molecule has 0 amide bonds. The van der Waals surface area contributed by atoms with Gasteiger partial charge in [0.1, 0.15) is 0 Å². The van der Waals surface area contributed by atoms with E-state index in [4.69, 9.17) is 9.57 Å². The quantitative estimate of drug-likeness (QED) is 0.758. The minimum atomic E-state index is -0.941. The van der Waals surface area contributed by atoms with Crippen molar-refractivity contribution >= 4 is 5.97 Å². The Morgan fingerprint density at radius 3 is 2.48 bits per heavy atom. The molecule has 0 radical (unpaired) electrons. The van der Waals surface area contributed by atoms with Gasteiger partial charge in [0.2, 0.25) is 0 Å². The molecule has 27 heavy (non-hydrogen) atoms. The second-order valence-electron chi connectivity index (χ2n) is 7.43. The van der Waals surface area contributed by atoms with Gasteiger partial charge in [-0.15, -0.1) is 0 Å². The number of fused-ring (bicyclic) bond motifs is 1. The highest BCUT2D eigenvalue weighted by atomic mass is 16.7. The van der Waals surface area contributed by atoms with Gasteiger partial charge >= 0.3 is 5.97 Å². The van der Waals surface area contributed by atoms with Crippen molar-refractivity contribution in [3.05, 3.63) is 71.8 Å². The smallest absolute Gasteiger partial charge is 0.340 e. The van der Waals surface area contributed by atoms with Gasteiger partial charge in [0, 0.05) is 19.5 Å². The first kappa shape index (κ1) is 18.2. The maximum atomic E-state index is 12.5. The molecule has 1 unspecified atom stereocenters. The van der Waals surface area contributed by atoms with Crippen molar-refractivity contribution < 1.29 is 14.4 Å². The van der Waals surface area contributed by atoms with Crippen molar-refractivity contribution in [2.45, 2.75) is 44.6 Å². The number of ether oxygens (including phenoxy) is 1. The predicted octanol–water partition coefficient (Wildman–Crippen LogP) is 3.53. The number of carbonyl (C=O) groups is 1. The first-order valence-corrected chi connectivity index (χ1v) is 9.58. The molecule has 2 aromatic rings. The first-order valence-electron chi connectivity index (χ1n) is 9.58. The van der Waals surface area contributed by atoms with Gasteiger partial charge < -0.3 is 4.74 Å². The first-order chi connectivity index (χ1) is 13.1. The van der Waals surface area contributed by atoms with Crippen LogP contribution in [0, 0.1) is 0 Å². The maximum absolute atomic E-state index is 12.5. The Labute approximate surface area is 160 Å². The minimum Gasteiger partial charge on any atom is -0.464 e. The number of hydroxylamine groups is 2. The Balaban J connectivity index is 1.61. The number of benzene rings is 2. The molecule has 142 valence electrons. The van der Waals surface area contributed by atoms with Crippen LogP contribution in [0.15, 0.2) is 60.7 Å². The molecule has 0 spiro atoms. The lowest BCUT2D eigenvalue weighted by Crippen LogP contribution is -2.40. The molecule has 3 atom stereocenters. The van der Waals surface area contributed by atoms with Crippen LogP contribution in [0.1, 0.15) is 37.4 Å². The second kappa shape index (κ2) is 7.43. The molecule has 0 N–H and O–H groups in total. The van der Waals surface area contributed by atoms with E-state index < -0.39 is 5.60 Å². The molecular formula is C22H26N2O3. The van der Waals surface area contributed by atoms with Crippen molar-refractivity contribution in [1.29, 1.82) is 0 Å². The van der Waals surface area contributed by atoms with E-state index >= 15 is 0 Å². The zero-order valence-electron chi connectivity index (χ0n) is 15.9. The number of hydrogen-bond acceptors (Lipinski definition) is 5. The van der Waals surface area contributed by atoms with Crippen molar-refractivity contribution in [2.75, 3.05) is 13.2 Å². The highest BCUT2D eigenvalue weighted by molar-refractivity contribution is 5.79. The molecule has 5 nitrogen and oxygen atoms in total. The van der Waals surface area contributed by atoms with Gasteiger partial charge in [-0.2, -0.15) is 5.06 Å². The Morgan fingerprint density at radius 2 is 1.81 bits per heavy atom. The summed E-state index contributed by atoms with van der Waals surface area (Å²) in [6, 6.07) is 20.9. The largest absolute Gasteiger partial charge is 0.464 e. The van der Waals surface area contributed by atoms with E-state index in [-0.39, 0.29) is 18.2 Å². The average molecular weight is 366 g/mol. The summed E-state index contributed by atoms with van der Waals surface area (Å²) in [7, 11) is 0. The van der Waals surface area contributed by atoms with Gasteiger partial charge in [-0.05, 0) is 25.0 Å². The zero-order chi connectivity index (χ0) is 18.9. The van der Waals surface area contributed by atoms with Gasteiger partial charge in [-0.1, -0.05) is 60.7 Å². The third kappa shape index (κ3) is 3.50. The maximum Gasteiger partial charge on any atom is 0.340 e. The topological polar surface area (TPSA) is 42.0 Å². The van der Waals surface area contributed by atoms with Gasteiger partial charge in [0.05, 0.1) is 18.8 Å². The monoisotopic (exact) mass is 366 g/mol. The summed E-state index contributed by atoms with van der Waals surface area (Å²) in [5.41, 5.74) is 1.52. The highest BCUT2D eigenvalue weighted by Gasteiger charge is 2.56. The number of carbonyl (C=O) groups excluding carboxylic acids is 1. The van der Waals surface area contributed by atoms with E-state index in [2.05, 4.69) is 41.3 Å². The van der Waals surface area contributed by atoms with Gasteiger partial charge in [-0.3, -0.25) is 9.74 Å². The normalized spacial score (nSPS) is 28.2. The summed E-state index contributed by atoms with van der Waals surface area (Å²) in [5.74, 6) is -0.286. The SMILES string of the molecule is CCOC(=O)C1(C)C[C@@H]2N(Cc3ccccc3)C[C@@H](c3ccccc3)N2O1. The fraction of sp³-hybridized carbons (Fsp3) is 0.409. The lowest BCUT2D eigenvalue weighted by Gasteiger charge is -2.26. The van der Waals surface area contributed by atoms with E-state index in [1.807, 2.05) is 43.2 Å². The fourth-order valence-corrected chi connectivity index (χ4v) is 4.07. The molecule has 5 heteroatoms. The van der Waals surface area contributed by atoms with Crippen LogP contribution in [0.4, 0.5) is 0 Å². The van der Waals surface area contributed by atoms with E-state index in [0.29, 0.717) is 13.0 Å². The lowest BCUT2D eigenvalue weighted by molar-refractivity contribution is -0.225. The van der Waals surface area contributed by atoms with Crippen LogP contribution in [0.2, 0.25) is 0 Å². The molecule has 0 aromatic heterocycles. The highest BCUT2D eigenvalue weighted by Crippen LogP contribution is 2.44. The van der Waals surface area contributed by atoms with Gasteiger partial charge in [0.15, 0.2) is 5.60 Å². The third-order valence-electron chi connectivity index (χ3n) is 5.43. The molecule has 2 aromatic carbocycles. The van der Waals surface area contributed by atoms with Crippen LogP contribution < -0.4 is 0 Å². The summed E-state index contributed by atoms with van der Waals surface area (Å²) in [6.07, 6.45) is 0.645. The molecule has 2 aliphatic heterocycles. The van der Waals surface area contributed by atoms with Crippen molar-refractivity contribution in [3.63, 3.8) is 0 Å². The van der Waals surface area contributed by atoms with Crippen LogP contribution in [0.5, 0.6) is 0 Å². The Bertz CT molecular complexity index is 783. The van der Waals surface area contributed by atoms with Crippen LogP contribution >= 0.6 is 0 Å². The molecule has 0 bridgehead atoms. The van der Waals surface area contributed by atoms with Crippen LogP contribution in [0.3, 0.4) is 0 Å². The van der Waals surface area contributed by atoms with Crippen LogP contribution in [-0.4, -0.2) is 40.9 Å². The molecule has 2 aliphatic rings. The van der Waals surface area contributed by atoms with E-state index in [1.165, 1.54) is 11.1 Å². The average Bonchev–Trinajstić information content (AvgIpc) is 3.20. The van der Waals surface area contributed by atoms with E-state index in [1.54, 1.807) is 0 Å². The number of rotatable bonds is 5. The molecule has 2 heterocycles. The van der Waals surface area contributed by atoms with Crippen molar-refractivity contribution in [3.8, 4) is 0 Å². The Hall–Kier alpha value is -2.21. The fourth-order valence-electron chi connectivity index (χ4n) is 4.07. The molecule has 2 saturated heterocycles. The summed E-state index contributed by atoms with van der Waals surface area (Å²) in [5, 5.41) is 2.01. The Kier molecular flexibility index (Phi) is 5.00. The number of esters is 1. The zero-order valence-corrected chi connectivity index (χ0v) is 15.9. The van der Waals surface area contributed by atoms with Gasteiger partial charge in [-0.25, -0.2) is 4.79 Å². The summed E-state index contributed by atoms with van der Waals surface area (Å²) < 4.78 is 5.28. The third-order valence-corrected chi connectivity index (χ3v) is 5.43. The summed E-state index contributed by atoms with van der Waals surface area (Å²) >= 11 is 0. The van der Waals surface area contributed by atoms with E-state index in [0.717, 1.165) is 13.1 Å². The summed E-state index contributed by atoms with van der Waals surface area (Å²) in [4.78, 5) is 21.2. The molecule has 0 saturated carbocycles. The molecular weight excluding hydrogens is 340 g/mol. The van der Waals surface area contributed by atoms with Crippen molar-refractivity contribution in [2.24, 2.45) is 0 Å². The van der Waals surface area contributed by atoms with Crippen molar-refractivity contribution in [1.82, 2.24) is 9.96 Å². The molecule has 0 aliphatic carbocycles. The Morgan fingerprint density at radius 1 is 1.15 bits per heavy atom. The van der Waals surface area contributed by atoms with Gasteiger partial charge in [0.25, 0.3) is 0 Å².